The molecule has 0 aliphatic rings. The third-order valence-electron chi connectivity index (χ3n) is 2.93. The van der Waals surface area contributed by atoms with Gasteiger partial charge in [-0.1, -0.05) is 18.2 Å². The maximum Gasteiger partial charge on any atom is 0.219 e. The molecule has 4 nitrogen and oxygen atoms in total. The summed E-state index contributed by atoms with van der Waals surface area (Å²) in [6, 6.07) is 13.0. The van der Waals surface area contributed by atoms with Gasteiger partial charge in [-0.05, 0) is 25.1 Å². The lowest BCUT2D eigenvalue weighted by Crippen LogP contribution is -1.92. The Balaban J connectivity index is 2.01. The van der Waals surface area contributed by atoms with Gasteiger partial charge in [0, 0.05) is 28.9 Å². The monoisotopic (exact) mass is 264 g/mol. The van der Waals surface area contributed by atoms with Gasteiger partial charge in [0.15, 0.2) is 12.0 Å². The van der Waals surface area contributed by atoms with Crippen LogP contribution in [0.1, 0.15) is 16.1 Å². The van der Waals surface area contributed by atoms with Crippen LogP contribution < -0.4 is 4.74 Å². The largest absolute Gasteiger partial charge is 0.437 e. The summed E-state index contributed by atoms with van der Waals surface area (Å²) < 4.78 is 5.76. The third-order valence-corrected chi connectivity index (χ3v) is 2.93. The Morgan fingerprint density at radius 1 is 1.10 bits per heavy atom. The van der Waals surface area contributed by atoms with E-state index in [-0.39, 0.29) is 0 Å². The van der Waals surface area contributed by atoms with Crippen molar-refractivity contribution in [2.75, 3.05) is 0 Å². The number of carbonyl (C=O) groups is 1. The van der Waals surface area contributed by atoms with Crippen molar-refractivity contribution < 1.29 is 9.53 Å². The van der Waals surface area contributed by atoms with Gasteiger partial charge in [-0.2, -0.15) is 0 Å². The van der Waals surface area contributed by atoms with Crippen LogP contribution in [0.15, 0.2) is 48.7 Å². The van der Waals surface area contributed by atoms with E-state index in [1.807, 2.05) is 37.3 Å². The standard InChI is InChI=1S/C16H12N2O2/c1-11-5-7-13-3-2-4-14(16(13)18-11)20-15-8-6-12(10-19)9-17-15/h2-10H,1H3. The minimum Gasteiger partial charge on any atom is -0.437 e. The number of carbonyl (C=O) groups excluding carboxylic acids is 1. The Morgan fingerprint density at radius 3 is 2.75 bits per heavy atom. The van der Waals surface area contributed by atoms with Gasteiger partial charge in [-0.3, -0.25) is 4.79 Å². The molecule has 0 radical (unpaired) electrons. The van der Waals surface area contributed by atoms with E-state index in [2.05, 4.69) is 9.97 Å². The summed E-state index contributed by atoms with van der Waals surface area (Å²) in [4.78, 5) is 19.2. The van der Waals surface area contributed by atoms with Gasteiger partial charge in [0.05, 0.1) is 0 Å². The van der Waals surface area contributed by atoms with Crippen LogP contribution in [0, 0.1) is 6.92 Å². The number of benzene rings is 1. The first-order valence-corrected chi connectivity index (χ1v) is 6.22. The second kappa shape index (κ2) is 5.09. The van der Waals surface area contributed by atoms with Crippen LogP contribution in [0.3, 0.4) is 0 Å². The Labute approximate surface area is 116 Å². The first kappa shape index (κ1) is 12.3. The number of hydrogen-bond acceptors (Lipinski definition) is 4. The minimum atomic E-state index is 0.436. The molecule has 4 heteroatoms. The average Bonchev–Trinajstić information content (AvgIpc) is 2.49. The van der Waals surface area contributed by atoms with E-state index in [1.165, 1.54) is 6.20 Å². The zero-order chi connectivity index (χ0) is 13.9. The smallest absolute Gasteiger partial charge is 0.219 e. The molecule has 2 heterocycles. The summed E-state index contributed by atoms with van der Waals surface area (Å²) in [7, 11) is 0. The Kier molecular flexibility index (Phi) is 3.13. The maximum absolute atomic E-state index is 10.6. The predicted molar refractivity (Wildman–Crippen MR) is 76.2 cm³/mol. The second-order valence-electron chi connectivity index (χ2n) is 4.43. The van der Waals surface area contributed by atoms with E-state index in [9.17, 15) is 4.79 Å². The van der Waals surface area contributed by atoms with Crippen molar-refractivity contribution in [1.29, 1.82) is 0 Å². The molecule has 0 amide bonds. The second-order valence-corrected chi connectivity index (χ2v) is 4.43. The number of nitrogens with zero attached hydrogens (tertiary/aromatic N) is 2. The van der Waals surface area contributed by atoms with Crippen molar-refractivity contribution in [3.05, 3.63) is 59.9 Å². The van der Waals surface area contributed by atoms with Gasteiger partial charge in [-0.25, -0.2) is 9.97 Å². The van der Waals surface area contributed by atoms with Crippen molar-refractivity contribution in [1.82, 2.24) is 9.97 Å². The molecule has 0 bridgehead atoms. The van der Waals surface area contributed by atoms with Gasteiger partial charge in [-0.15, -0.1) is 0 Å². The van der Waals surface area contributed by atoms with Crippen molar-refractivity contribution in [3.8, 4) is 11.6 Å². The van der Waals surface area contributed by atoms with Gasteiger partial charge in [0.1, 0.15) is 5.52 Å². The fourth-order valence-corrected chi connectivity index (χ4v) is 1.93. The molecule has 0 N–H and O–H groups in total. The van der Waals surface area contributed by atoms with Crippen LogP contribution in [-0.2, 0) is 0 Å². The number of para-hydroxylation sites is 1. The number of aldehydes is 1. The molecule has 3 aromatic rings. The molecule has 0 unspecified atom stereocenters. The van der Waals surface area contributed by atoms with Gasteiger partial charge < -0.3 is 4.74 Å². The molecule has 0 saturated carbocycles. The third kappa shape index (κ3) is 2.36. The van der Waals surface area contributed by atoms with Crippen molar-refractivity contribution in [2.24, 2.45) is 0 Å². The number of aryl methyl sites for hydroxylation is 1. The van der Waals surface area contributed by atoms with Crippen LogP contribution in [0.25, 0.3) is 10.9 Å². The van der Waals surface area contributed by atoms with Crippen LogP contribution in [-0.4, -0.2) is 16.3 Å². The molecule has 3 rings (SSSR count). The summed E-state index contributed by atoms with van der Waals surface area (Å²) in [5.41, 5.74) is 2.25. The molecule has 0 spiro atoms. The van der Waals surface area contributed by atoms with E-state index in [1.54, 1.807) is 12.1 Å². The highest BCUT2D eigenvalue weighted by Crippen LogP contribution is 2.27. The van der Waals surface area contributed by atoms with Crippen LogP contribution in [0.5, 0.6) is 11.6 Å². The highest BCUT2D eigenvalue weighted by Gasteiger charge is 2.06. The van der Waals surface area contributed by atoms with Gasteiger partial charge in [0.2, 0.25) is 5.88 Å². The van der Waals surface area contributed by atoms with Crippen LogP contribution >= 0.6 is 0 Å². The number of rotatable bonds is 3. The quantitative estimate of drug-likeness (QED) is 0.679. The minimum absolute atomic E-state index is 0.436. The van der Waals surface area contributed by atoms with E-state index < -0.39 is 0 Å². The molecule has 0 aliphatic carbocycles. The topological polar surface area (TPSA) is 52.1 Å². The molecule has 0 fully saturated rings. The Morgan fingerprint density at radius 2 is 2.00 bits per heavy atom. The highest BCUT2D eigenvalue weighted by molar-refractivity contribution is 5.84. The summed E-state index contributed by atoms with van der Waals surface area (Å²) >= 11 is 0. The number of aromatic nitrogens is 2. The summed E-state index contributed by atoms with van der Waals surface area (Å²) in [5.74, 6) is 1.09. The first-order valence-electron chi connectivity index (χ1n) is 6.22. The maximum atomic E-state index is 10.6. The summed E-state index contributed by atoms with van der Waals surface area (Å²) in [5, 5.41) is 1.01. The van der Waals surface area contributed by atoms with Gasteiger partial charge in [0.25, 0.3) is 0 Å². The fourth-order valence-electron chi connectivity index (χ4n) is 1.93. The molecule has 20 heavy (non-hydrogen) atoms. The van der Waals surface area contributed by atoms with E-state index in [4.69, 9.17) is 4.74 Å². The van der Waals surface area contributed by atoms with Crippen molar-refractivity contribution >= 4 is 17.2 Å². The van der Waals surface area contributed by atoms with E-state index in [0.29, 0.717) is 17.2 Å². The summed E-state index contributed by atoms with van der Waals surface area (Å²) in [6.45, 7) is 1.94. The lowest BCUT2D eigenvalue weighted by atomic mass is 10.2. The Hall–Kier alpha value is -2.75. The van der Waals surface area contributed by atoms with Crippen molar-refractivity contribution in [2.45, 2.75) is 6.92 Å². The van der Waals surface area contributed by atoms with E-state index >= 15 is 0 Å². The molecule has 98 valence electrons. The highest BCUT2D eigenvalue weighted by atomic mass is 16.5. The Bertz CT molecular complexity index is 767. The average molecular weight is 264 g/mol. The number of pyridine rings is 2. The molecular weight excluding hydrogens is 252 g/mol. The SMILES string of the molecule is Cc1ccc2cccc(Oc3ccc(C=O)cn3)c2n1. The molecule has 0 atom stereocenters. The van der Waals surface area contributed by atoms with Crippen LogP contribution in [0.4, 0.5) is 0 Å². The van der Waals surface area contributed by atoms with Crippen LogP contribution in [0.2, 0.25) is 0 Å². The number of hydrogen-bond donors (Lipinski definition) is 0. The normalized spacial score (nSPS) is 10.4. The predicted octanol–water partition coefficient (Wildman–Crippen LogP) is 3.54. The zero-order valence-corrected chi connectivity index (χ0v) is 10.9. The summed E-state index contributed by atoms with van der Waals surface area (Å²) in [6.07, 6.45) is 2.23. The van der Waals surface area contributed by atoms with Crippen molar-refractivity contribution in [3.63, 3.8) is 0 Å². The molecule has 0 aliphatic heterocycles. The van der Waals surface area contributed by atoms with Gasteiger partial charge >= 0.3 is 0 Å². The van der Waals surface area contributed by atoms with E-state index in [0.717, 1.165) is 22.9 Å². The lowest BCUT2D eigenvalue weighted by Gasteiger charge is -2.08. The molecule has 2 aromatic heterocycles. The molecule has 0 saturated heterocycles. The lowest BCUT2D eigenvalue weighted by molar-refractivity contribution is 0.112. The number of ether oxygens (including phenoxy) is 1. The zero-order valence-electron chi connectivity index (χ0n) is 10.9. The number of fused-ring (bicyclic) bond motifs is 1. The first-order chi connectivity index (χ1) is 9.76. The fraction of sp³-hybridized carbons (Fsp3) is 0.0625. The molecule has 1 aromatic carbocycles. The molecular formula is C16H12N2O2.